The predicted molar refractivity (Wildman–Crippen MR) is 83.9 cm³/mol. The average molecular weight is 340 g/mol. The maximum Gasteiger partial charge on any atom is 0.410 e. The van der Waals surface area contributed by atoms with Crippen molar-refractivity contribution in [2.24, 2.45) is 0 Å². The first-order chi connectivity index (χ1) is 10.6. The molecule has 5 nitrogen and oxygen atoms in total. The molecule has 0 radical (unpaired) electrons. The number of amides is 1. The maximum atomic E-state index is 12.2. The van der Waals surface area contributed by atoms with Gasteiger partial charge in [-0.05, 0) is 30.2 Å². The Bertz CT molecular complexity index is 667. The number of halogens is 2. The number of carbonyl (C=O) groups excluding carboxylic acids is 1. The third kappa shape index (κ3) is 3.54. The highest BCUT2D eigenvalue weighted by Crippen LogP contribution is 2.20. The molecule has 0 atom stereocenters. The van der Waals surface area contributed by atoms with Crippen LogP contribution in [0.1, 0.15) is 17.7 Å². The van der Waals surface area contributed by atoms with Crippen molar-refractivity contribution in [3.63, 3.8) is 0 Å². The van der Waals surface area contributed by atoms with Crippen LogP contribution >= 0.6 is 23.2 Å². The summed E-state index contributed by atoms with van der Waals surface area (Å²) >= 11 is 11.9. The Morgan fingerprint density at radius 2 is 2.00 bits per heavy atom. The summed E-state index contributed by atoms with van der Waals surface area (Å²) in [6.45, 7) is 2.18. The number of hydrogen-bond donors (Lipinski definition) is 0. The van der Waals surface area contributed by atoms with Gasteiger partial charge in [0.1, 0.15) is 6.61 Å². The number of ether oxygens (including phenoxy) is 1. The molecule has 0 unspecified atom stereocenters. The van der Waals surface area contributed by atoms with Crippen molar-refractivity contribution in [1.82, 2.24) is 14.5 Å². The van der Waals surface area contributed by atoms with Crippen molar-refractivity contribution in [3.8, 4) is 0 Å². The van der Waals surface area contributed by atoms with Gasteiger partial charge in [0.05, 0.1) is 18.6 Å². The Balaban J connectivity index is 1.62. The summed E-state index contributed by atoms with van der Waals surface area (Å²) < 4.78 is 7.42. The summed E-state index contributed by atoms with van der Waals surface area (Å²) in [5.41, 5.74) is 1.78. The number of carbonyl (C=O) groups is 1. The van der Waals surface area contributed by atoms with Gasteiger partial charge in [0, 0.05) is 29.3 Å². The molecule has 22 heavy (non-hydrogen) atoms. The molecule has 1 aliphatic heterocycles. The van der Waals surface area contributed by atoms with Crippen molar-refractivity contribution < 1.29 is 9.53 Å². The number of rotatable bonds is 2. The molecule has 3 rings (SSSR count). The summed E-state index contributed by atoms with van der Waals surface area (Å²) in [7, 11) is 0. The molecule has 1 aliphatic rings. The highest BCUT2D eigenvalue weighted by Gasteiger charge is 2.20. The van der Waals surface area contributed by atoms with Crippen LogP contribution in [0.3, 0.4) is 0 Å². The Morgan fingerprint density at radius 3 is 2.77 bits per heavy atom. The number of imidazole rings is 1. The summed E-state index contributed by atoms with van der Waals surface area (Å²) in [5, 5.41) is 1.05. The molecule has 0 fully saturated rings. The Morgan fingerprint density at radius 1 is 1.23 bits per heavy atom. The monoisotopic (exact) mass is 339 g/mol. The first-order valence-electron chi connectivity index (χ1n) is 6.97. The zero-order valence-electron chi connectivity index (χ0n) is 11.8. The highest BCUT2D eigenvalue weighted by molar-refractivity contribution is 6.34. The van der Waals surface area contributed by atoms with Gasteiger partial charge in [0.25, 0.3) is 0 Å². The Kier molecular flexibility index (Phi) is 4.55. The molecule has 0 aliphatic carbocycles. The quantitative estimate of drug-likeness (QED) is 0.837. The smallest absolute Gasteiger partial charge is 0.410 e. The van der Waals surface area contributed by atoms with Crippen LogP contribution in [-0.2, 0) is 24.4 Å². The van der Waals surface area contributed by atoms with Gasteiger partial charge in [0.2, 0.25) is 0 Å². The number of nitrogens with zero attached hydrogens (tertiary/aromatic N) is 3. The number of aryl methyl sites for hydroxylation is 1. The molecule has 1 aromatic carbocycles. The van der Waals surface area contributed by atoms with Crippen LogP contribution in [0.15, 0.2) is 30.7 Å². The Hall–Kier alpha value is -1.72. The zero-order chi connectivity index (χ0) is 15.5. The molecule has 0 spiro atoms. The lowest BCUT2D eigenvalue weighted by Crippen LogP contribution is -2.31. The van der Waals surface area contributed by atoms with Gasteiger partial charge in [-0.1, -0.05) is 23.2 Å². The van der Waals surface area contributed by atoms with Gasteiger partial charge in [-0.25, -0.2) is 9.78 Å². The lowest BCUT2D eigenvalue weighted by molar-refractivity contribution is 0.0942. The van der Waals surface area contributed by atoms with E-state index in [1.54, 1.807) is 35.6 Å². The first kappa shape index (κ1) is 15.2. The van der Waals surface area contributed by atoms with E-state index in [2.05, 4.69) is 9.55 Å². The minimum Gasteiger partial charge on any atom is -0.445 e. The average Bonchev–Trinajstić information content (AvgIpc) is 2.81. The topological polar surface area (TPSA) is 47.4 Å². The normalized spacial score (nSPS) is 14.4. The fraction of sp³-hybridized carbons (Fsp3) is 0.333. The van der Waals surface area contributed by atoms with E-state index in [4.69, 9.17) is 27.9 Å². The molecule has 116 valence electrons. The van der Waals surface area contributed by atoms with Gasteiger partial charge < -0.3 is 14.2 Å². The van der Waals surface area contributed by atoms with Crippen molar-refractivity contribution in [1.29, 1.82) is 0 Å². The van der Waals surface area contributed by atoms with Crippen LogP contribution in [0.4, 0.5) is 4.79 Å². The Labute approximate surface area is 138 Å². The minimum absolute atomic E-state index is 0.148. The molecular formula is C15H15Cl2N3O2. The van der Waals surface area contributed by atoms with E-state index in [0.717, 1.165) is 24.2 Å². The van der Waals surface area contributed by atoms with Crippen LogP contribution in [-0.4, -0.2) is 27.1 Å². The van der Waals surface area contributed by atoms with Gasteiger partial charge in [-0.3, -0.25) is 0 Å². The molecule has 7 heteroatoms. The molecule has 0 saturated carbocycles. The summed E-state index contributed by atoms with van der Waals surface area (Å²) in [5.74, 6) is 0. The van der Waals surface area contributed by atoms with Crippen molar-refractivity contribution >= 4 is 29.3 Å². The second-order valence-corrected chi connectivity index (χ2v) is 6.06. The molecule has 0 saturated heterocycles. The van der Waals surface area contributed by atoms with E-state index >= 15 is 0 Å². The van der Waals surface area contributed by atoms with Gasteiger partial charge in [-0.15, -0.1) is 0 Å². The van der Waals surface area contributed by atoms with Crippen molar-refractivity contribution in [2.45, 2.75) is 26.1 Å². The largest absolute Gasteiger partial charge is 0.445 e. The standard InChI is InChI=1S/C15H15Cl2N3O2/c16-12-4-11(5-13(17)6-12)9-22-15(21)19-2-1-3-20-10-18-7-14(20)8-19/h4-7,10H,1-3,8-9H2. The van der Waals surface area contributed by atoms with Crippen LogP contribution in [0.25, 0.3) is 0 Å². The van der Waals surface area contributed by atoms with Crippen molar-refractivity contribution in [3.05, 3.63) is 52.0 Å². The molecule has 2 heterocycles. The second kappa shape index (κ2) is 6.58. The molecular weight excluding hydrogens is 325 g/mol. The van der Waals surface area contributed by atoms with E-state index in [9.17, 15) is 4.79 Å². The fourth-order valence-corrected chi connectivity index (χ4v) is 3.05. The van der Waals surface area contributed by atoms with E-state index in [-0.39, 0.29) is 12.7 Å². The van der Waals surface area contributed by atoms with Gasteiger partial charge in [0.15, 0.2) is 0 Å². The number of benzene rings is 1. The summed E-state index contributed by atoms with van der Waals surface area (Å²) in [6.07, 6.45) is 4.10. The molecule has 2 aromatic rings. The van der Waals surface area contributed by atoms with Crippen LogP contribution in [0.2, 0.25) is 10.0 Å². The number of hydrogen-bond acceptors (Lipinski definition) is 3. The SMILES string of the molecule is O=C(OCc1cc(Cl)cc(Cl)c1)N1CCCn2cncc2C1. The van der Waals surface area contributed by atoms with Crippen LogP contribution in [0, 0.1) is 0 Å². The maximum absolute atomic E-state index is 12.2. The molecule has 0 bridgehead atoms. The van der Waals surface area contributed by atoms with E-state index < -0.39 is 0 Å². The van der Waals surface area contributed by atoms with Crippen LogP contribution in [0.5, 0.6) is 0 Å². The van der Waals surface area contributed by atoms with E-state index in [1.165, 1.54) is 0 Å². The molecule has 0 N–H and O–H groups in total. The highest BCUT2D eigenvalue weighted by atomic mass is 35.5. The summed E-state index contributed by atoms with van der Waals surface area (Å²) in [4.78, 5) is 18.0. The molecule has 1 amide bonds. The third-order valence-corrected chi connectivity index (χ3v) is 3.96. The van der Waals surface area contributed by atoms with Gasteiger partial charge >= 0.3 is 6.09 Å². The third-order valence-electron chi connectivity index (χ3n) is 3.52. The number of fused-ring (bicyclic) bond motifs is 1. The minimum atomic E-state index is -0.342. The fourth-order valence-electron chi connectivity index (χ4n) is 2.47. The van der Waals surface area contributed by atoms with E-state index in [1.807, 2.05) is 0 Å². The van der Waals surface area contributed by atoms with E-state index in [0.29, 0.717) is 23.1 Å². The zero-order valence-corrected chi connectivity index (χ0v) is 13.3. The molecule has 1 aromatic heterocycles. The summed E-state index contributed by atoms with van der Waals surface area (Å²) in [6, 6.07) is 5.11. The lowest BCUT2D eigenvalue weighted by atomic mass is 10.2. The van der Waals surface area contributed by atoms with Gasteiger partial charge in [-0.2, -0.15) is 0 Å². The predicted octanol–water partition coefficient (Wildman–Crippen LogP) is 3.73. The number of aromatic nitrogens is 2. The van der Waals surface area contributed by atoms with Crippen LogP contribution < -0.4 is 0 Å². The second-order valence-electron chi connectivity index (χ2n) is 5.19. The first-order valence-corrected chi connectivity index (χ1v) is 7.73. The lowest BCUT2D eigenvalue weighted by Gasteiger charge is -2.19. The van der Waals surface area contributed by atoms with Crippen molar-refractivity contribution in [2.75, 3.05) is 6.54 Å².